The van der Waals surface area contributed by atoms with Crippen LogP contribution >= 0.6 is 11.6 Å². The third kappa shape index (κ3) is 3.39. The van der Waals surface area contributed by atoms with Gasteiger partial charge in [0.2, 0.25) is 10.0 Å². The van der Waals surface area contributed by atoms with E-state index in [9.17, 15) is 8.42 Å². The first-order valence-corrected chi connectivity index (χ1v) is 7.96. The molecule has 0 radical (unpaired) electrons. The molecule has 19 heavy (non-hydrogen) atoms. The quantitative estimate of drug-likeness (QED) is 0.826. The van der Waals surface area contributed by atoms with Gasteiger partial charge in [-0.15, -0.1) is 0 Å². The Morgan fingerprint density at radius 3 is 2.84 bits per heavy atom. The van der Waals surface area contributed by atoms with Gasteiger partial charge in [0.05, 0.1) is 6.10 Å². The molecule has 0 aromatic heterocycles. The van der Waals surface area contributed by atoms with Crippen LogP contribution in [0.4, 0.5) is 5.69 Å². The standard InChI is InChI=1S/C12H17ClN2O3S/c1-8-12(4-5-18-8)19(16,17)15-7-9-2-3-10(14)6-11(9)13/h2-3,6,8,12,15H,4-5,7,14H2,1H3/t8-,12+/m0/s1. The van der Waals surface area contributed by atoms with E-state index in [-0.39, 0.29) is 12.6 Å². The molecule has 5 nitrogen and oxygen atoms in total. The molecule has 0 aliphatic carbocycles. The summed E-state index contributed by atoms with van der Waals surface area (Å²) in [5, 5.41) is -0.0431. The average Bonchev–Trinajstić information content (AvgIpc) is 2.75. The molecule has 1 fully saturated rings. The van der Waals surface area contributed by atoms with Gasteiger partial charge in [0.1, 0.15) is 5.25 Å². The van der Waals surface area contributed by atoms with Crippen LogP contribution in [0.5, 0.6) is 0 Å². The average molecular weight is 305 g/mol. The van der Waals surface area contributed by atoms with Crippen LogP contribution < -0.4 is 10.5 Å². The van der Waals surface area contributed by atoms with Crippen LogP contribution in [0.25, 0.3) is 0 Å². The van der Waals surface area contributed by atoms with Crippen molar-refractivity contribution in [2.75, 3.05) is 12.3 Å². The molecule has 106 valence electrons. The molecule has 1 aromatic carbocycles. The highest BCUT2D eigenvalue weighted by Crippen LogP contribution is 2.22. The molecule has 1 aromatic rings. The number of nitrogens with two attached hydrogens (primary N) is 1. The predicted molar refractivity (Wildman–Crippen MR) is 75.4 cm³/mol. The first-order valence-electron chi connectivity index (χ1n) is 6.04. The van der Waals surface area contributed by atoms with Crippen LogP contribution in [-0.4, -0.2) is 26.4 Å². The van der Waals surface area contributed by atoms with Crippen LogP contribution in [0.2, 0.25) is 5.02 Å². The van der Waals surface area contributed by atoms with Crippen LogP contribution in [0.3, 0.4) is 0 Å². The molecular weight excluding hydrogens is 288 g/mol. The van der Waals surface area contributed by atoms with Gasteiger partial charge in [-0.1, -0.05) is 17.7 Å². The number of hydrogen-bond donors (Lipinski definition) is 2. The number of hydrogen-bond acceptors (Lipinski definition) is 4. The molecule has 7 heteroatoms. The highest BCUT2D eigenvalue weighted by molar-refractivity contribution is 7.90. The number of nitrogens with one attached hydrogen (secondary N) is 1. The number of anilines is 1. The lowest BCUT2D eigenvalue weighted by Gasteiger charge is -2.16. The summed E-state index contributed by atoms with van der Waals surface area (Å²) in [4.78, 5) is 0. The Labute approximate surface area is 118 Å². The summed E-state index contributed by atoms with van der Waals surface area (Å²) in [5.74, 6) is 0. The van der Waals surface area contributed by atoms with Crippen molar-refractivity contribution in [3.8, 4) is 0 Å². The molecule has 2 rings (SSSR count). The van der Waals surface area contributed by atoms with E-state index in [4.69, 9.17) is 22.1 Å². The van der Waals surface area contributed by atoms with Gasteiger partial charge >= 0.3 is 0 Å². The minimum Gasteiger partial charge on any atom is -0.399 e. The van der Waals surface area contributed by atoms with E-state index in [0.29, 0.717) is 29.3 Å². The number of nitrogen functional groups attached to an aromatic ring is 1. The van der Waals surface area contributed by atoms with E-state index in [1.807, 2.05) is 0 Å². The van der Waals surface area contributed by atoms with Gasteiger partial charge in [0.15, 0.2) is 0 Å². The van der Waals surface area contributed by atoms with E-state index in [0.717, 1.165) is 0 Å². The molecule has 1 saturated heterocycles. The first kappa shape index (κ1) is 14.6. The van der Waals surface area contributed by atoms with Crippen LogP contribution in [-0.2, 0) is 21.3 Å². The monoisotopic (exact) mass is 304 g/mol. The topological polar surface area (TPSA) is 81.4 Å². The third-order valence-corrected chi connectivity index (χ3v) is 5.56. The summed E-state index contributed by atoms with van der Waals surface area (Å²) < 4.78 is 32.1. The fourth-order valence-corrected chi connectivity index (χ4v) is 3.93. The fraction of sp³-hybridized carbons (Fsp3) is 0.500. The van der Waals surface area contributed by atoms with Gasteiger partial charge in [-0.25, -0.2) is 13.1 Å². The lowest BCUT2D eigenvalue weighted by Crippen LogP contribution is -2.37. The Hall–Kier alpha value is -0.820. The van der Waals surface area contributed by atoms with Crippen molar-refractivity contribution in [1.82, 2.24) is 4.72 Å². The first-order chi connectivity index (χ1) is 8.90. The zero-order valence-corrected chi connectivity index (χ0v) is 12.2. The molecule has 1 aliphatic rings. The molecule has 0 amide bonds. The van der Waals surface area contributed by atoms with Gasteiger partial charge in [-0.3, -0.25) is 0 Å². The minimum absolute atomic E-state index is 0.157. The summed E-state index contributed by atoms with van der Waals surface area (Å²) in [6.45, 7) is 2.41. The van der Waals surface area contributed by atoms with E-state index < -0.39 is 15.3 Å². The van der Waals surface area contributed by atoms with Crippen molar-refractivity contribution >= 4 is 27.3 Å². The summed E-state index contributed by atoms with van der Waals surface area (Å²) in [6, 6.07) is 5.01. The maximum atomic E-state index is 12.1. The second-order valence-corrected chi connectivity index (χ2v) is 7.01. The SMILES string of the molecule is C[C@@H]1OCC[C@H]1S(=O)(=O)NCc1ccc(N)cc1Cl. The largest absolute Gasteiger partial charge is 0.399 e. The van der Waals surface area contributed by atoms with Gasteiger partial charge in [0.25, 0.3) is 0 Å². The normalized spacial score (nSPS) is 23.7. The van der Waals surface area contributed by atoms with Gasteiger partial charge in [-0.05, 0) is 31.0 Å². The number of rotatable bonds is 4. The highest BCUT2D eigenvalue weighted by atomic mass is 35.5. The van der Waals surface area contributed by atoms with Crippen molar-refractivity contribution in [3.05, 3.63) is 28.8 Å². The van der Waals surface area contributed by atoms with Crippen molar-refractivity contribution in [2.24, 2.45) is 0 Å². The summed E-state index contributed by atoms with van der Waals surface area (Å²) in [5.41, 5.74) is 6.84. The molecule has 0 unspecified atom stereocenters. The van der Waals surface area contributed by atoms with Crippen molar-refractivity contribution in [2.45, 2.75) is 31.2 Å². The molecule has 0 spiro atoms. The Morgan fingerprint density at radius 2 is 2.26 bits per heavy atom. The number of halogens is 1. The lowest BCUT2D eigenvalue weighted by atomic mass is 10.2. The van der Waals surface area contributed by atoms with Crippen LogP contribution in [0.15, 0.2) is 18.2 Å². The highest BCUT2D eigenvalue weighted by Gasteiger charge is 2.35. The number of benzene rings is 1. The van der Waals surface area contributed by atoms with Crippen LogP contribution in [0.1, 0.15) is 18.9 Å². The zero-order chi connectivity index (χ0) is 14.0. The van der Waals surface area contributed by atoms with Crippen molar-refractivity contribution in [1.29, 1.82) is 0 Å². The number of sulfonamides is 1. The van der Waals surface area contributed by atoms with Gasteiger partial charge in [-0.2, -0.15) is 0 Å². The Morgan fingerprint density at radius 1 is 1.53 bits per heavy atom. The molecule has 0 bridgehead atoms. The van der Waals surface area contributed by atoms with E-state index >= 15 is 0 Å². The minimum atomic E-state index is -3.40. The molecule has 3 N–H and O–H groups in total. The van der Waals surface area contributed by atoms with Gasteiger partial charge in [0, 0.05) is 23.9 Å². The third-order valence-electron chi connectivity index (χ3n) is 3.25. The Balaban J connectivity index is 2.05. The number of ether oxygens (including phenoxy) is 1. The summed E-state index contributed by atoms with van der Waals surface area (Å²) >= 11 is 6.01. The Kier molecular flexibility index (Phi) is 4.35. The smallest absolute Gasteiger partial charge is 0.217 e. The van der Waals surface area contributed by atoms with E-state index in [1.165, 1.54) is 0 Å². The zero-order valence-electron chi connectivity index (χ0n) is 10.6. The second-order valence-electron chi connectivity index (χ2n) is 4.62. The van der Waals surface area contributed by atoms with Crippen molar-refractivity contribution < 1.29 is 13.2 Å². The van der Waals surface area contributed by atoms with Gasteiger partial charge < -0.3 is 10.5 Å². The molecular formula is C12H17ClN2O3S. The van der Waals surface area contributed by atoms with E-state index in [1.54, 1.807) is 25.1 Å². The maximum absolute atomic E-state index is 12.1. The summed E-state index contributed by atoms with van der Waals surface area (Å²) in [6.07, 6.45) is 0.241. The maximum Gasteiger partial charge on any atom is 0.217 e. The van der Waals surface area contributed by atoms with E-state index in [2.05, 4.69) is 4.72 Å². The van der Waals surface area contributed by atoms with Crippen molar-refractivity contribution in [3.63, 3.8) is 0 Å². The molecule has 2 atom stereocenters. The lowest BCUT2D eigenvalue weighted by molar-refractivity contribution is 0.126. The second kappa shape index (κ2) is 5.66. The fourth-order valence-electron chi connectivity index (χ4n) is 2.11. The predicted octanol–water partition coefficient (Wildman–Crippen LogP) is 1.52. The molecule has 1 heterocycles. The molecule has 0 saturated carbocycles. The summed E-state index contributed by atoms with van der Waals surface area (Å²) in [7, 11) is -3.40. The Bertz CT molecular complexity index is 562. The van der Waals surface area contributed by atoms with Crippen LogP contribution in [0, 0.1) is 0 Å². The molecule has 1 aliphatic heterocycles.